The van der Waals surface area contributed by atoms with Crippen LogP contribution in [0.15, 0.2) is 22.7 Å². The van der Waals surface area contributed by atoms with Crippen LogP contribution in [-0.2, 0) is 0 Å². The SMILES string of the molecule is CC(CCl)NC(=O)c1ccc(Br)c(O)c1. The van der Waals surface area contributed by atoms with E-state index in [-0.39, 0.29) is 17.7 Å². The van der Waals surface area contributed by atoms with E-state index in [1.54, 1.807) is 12.1 Å². The number of nitrogens with one attached hydrogen (secondary N) is 1. The number of hydrogen-bond donors (Lipinski definition) is 2. The van der Waals surface area contributed by atoms with Gasteiger partial charge in [-0.3, -0.25) is 4.79 Å². The molecule has 1 atom stereocenters. The normalized spacial score (nSPS) is 12.2. The van der Waals surface area contributed by atoms with Crippen molar-refractivity contribution in [3.63, 3.8) is 0 Å². The van der Waals surface area contributed by atoms with Crippen molar-refractivity contribution in [3.8, 4) is 5.75 Å². The van der Waals surface area contributed by atoms with Gasteiger partial charge in [-0.25, -0.2) is 0 Å². The molecular weight excluding hydrogens is 281 g/mol. The van der Waals surface area contributed by atoms with Gasteiger partial charge in [0.25, 0.3) is 5.91 Å². The number of phenolic OH excluding ortho intramolecular Hbond substituents is 1. The summed E-state index contributed by atoms with van der Waals surface area (Å²) in [5, 5.41) is 12.1. The van der Waals surface area contributed by atoms with Crippen LogP contribution in [0.25, 0.3) is 0 Å². The van der Waals surface area contributed by atoms with E-state index in [9.17, 15) is 9.90 Å². The number of carbonyl (C=O) groups excluding carboxylic acids is 1. The molecule has 3 nitrogen and oxygen atoms in total. The lowest BCUT2D eigenvalue weighted by Gasteiger charge is -2.10. The highest BCUT2D eigenvalue weighted by Crippen LogP contribution is 2.24. The van der Waals surface area contributed by atoms with Crippen LogP contribution in [-0.4, -0.2) is 22.9 Å². The highest BCUT2D eigenvalue weighted by atomic mass is 79.9. The lowest BCUT2D eigenvalue weighted by Crippen LogP contribution is -2.33. The second kappa shape index (κ2) is 5.37. The van der Waals surface area contributed by atoms with Crippen LogP contribution in [0.2, 0.25) is 0 Å². The maximum absolute atomic E-state index is 11.6. The Balaban J connectivity index is 2.78. The highest BCUT2D eigenvalue weighted by Gasteiger charge is 2.10. The molecule has 5 heteroatoms. The molecule has 2 N–H and O–H groups in total. The molecule has 0 spiro atoms. The molecule has 0 fully saturated rings. The zero-order valence-electron chi connectivity index (χ0n) is 8.13. The van der Waals surface area contributed by atoms with Gasteiger partial charge in [0.1, 0.15) is 5.75 Å². The molecule has 0 saturated heterocycles. The molecule has 1 aromatic carbocycles. The first-order valence-electron chi connectivity index (χ1n) is 4.40. The average Bonchev–Trinajstić information content (AvgIpc) is 2.21. The van der Waals surface area contributed by atoms with Crippen molar-refractivity contribution in [3.05, 3.63) is 28.2 Å². The minimum Gasteiger partial charge on any atom is -0.507 e. The van der Waals surface area contributed by atoms with Gasteiger partial charge >= 0.3 is 0 Å². The highest BCUT2D eigenvalue weighted by molar-refractivity contribution is 9.10. The molecule has 0 bridgehead atoms. The maximum Gasteiger partial charge on any atom is 0.251 e. The number of alkyl halides is 1. The van der Waals surface area contributed by atoms with Crippen molar-refractivity contribution in [1.29, 1.82) is 0 Å². The quantitative estimate of drug-likeness (QED) is 0.841. The van der Waals surface area contributed by atoms with Crippen molar-refractivity contribution in [2.75, 3.05) is 5.88 Å². The zero-order valence-corrected chi connectivity index (χ0v) is 10.5. The Morgan fingerprint density at radius 2 is 2.33 bits per heavy atom. The van der Waals surface area contributed by atoms with E-state index in [2.05, 4.69) is 21.2 Å². The summed E-state index contributed by atoms with van der Waals surface area (Å²) in [7, 11) is 0. The van der Waals surface area contributed by atoms with Crippen LogP contribution in [0.1, 0.15) is 17.3 Å². The number of rotatable bonds is 3. The molecule has 1 amide bonds. The van der Waals surface area contributed by atoms with Crippen LogP contribution < -0.4 is 5.32 Å². The second-order valence-electron chi connectivity index (χ2n) is 3.20. The Labute approximate surface area is 102 Å². The van der Waals surface area contributed by atoms with Gasteiger partial charge in [-0.05, 0) is 41.1 Å². The first-order valence-corrected chi connectivity index (χ1v) is 5.72. The van der Waals surface area contributed by atoms with Gasteiger partial charge in [-0.2, -0.15) is 0 Å². The van der Waals surface area contributed by atoms with E-state index in [0.29, 0.717) is 15.9 Å². The molecule has 0 aliphatic heterocycles. The predicted octanol–water partition coefficient (Wildman–Crippen LogP) is 2.51. The zero-order chi connectivity index (χ0) is 11.4. The summed E-state index contributed by atoms with van der Waals surface area (Å²) in [4.78, 5) is 11.6. The number of hydrogen-bond acceptors (Lipinski definition) is 2. The number of benzene rings is 1. The Kier molecular flexibility index (Phi) is 4.42. The third-order valence-corrected chi connectivity index (χ3v) is 2.95. The van der Waals surface area contributed by atoms with Crippen LogP contribution in [0.5, 0.6) is 5.75 Å². The fourth-order valence-electron chi connectivity index (χ4n) is 1.000. The van der Waals surface area contributed by atoms with E-state index in [4.69, 9.17) is 11.6 Å². The standard InChI is InChI=1S/C10H11BrClNO2/c1-6(5-12)13-10(15)7-2-3-8(11)9(14)4-7/h2-4,6,14H,5H2,1H3,(H,13,15). The Hall–Kier alpha value is -0.740. The topological polar surface area (TPSA) is 49.3 Å². The molecule has 1 aromatic rings. The minimum absolute atomic E-state index is 0.0428. The molecule has 0 aliphatic carbocycles. The van der Waals surface area contributed by atoms with Crippen molar-refractivity contribution in [2.45, 2.75) is 13.0 Å². The maximum atomic E-state index is 11.6. The van der Waals surface area contributed by atoms with E-state index in [1.165, 1.54) is 6.07 Å². The van der Waals surface area contributed by atoms with Crippen molar-refractivity contribution >= 4 is 33.4 Å². The van der Waals surface area contributed by atoms with Gasteiger partial charge < -0.3 is 10.4 Å². The third kappa shape index (κ3) is 3.39. The summed E-state index contributed by atoms with van der Waals surface area (Å²) in [5.74, 6) is 0.154. The number of phenols is 1. The van der Waals surface area contributed by atoms with E-state index < -0.39 is 0 Å². The summed E-state index contributed by atoms with van der Waals surface area (Å²) < 4.78 is 0.560. The predicted molar refractivity (Wildman–Crippen MR) is 63.5 cm³/mol. The van der Waals surface area contributed by atoms with Crippen molar-refractivity contribution < 1.29 is 9.90 Å². The number of amides is 1. The minimum atomic E-state index is -0.244. The summed E-state index contributed by atoms with van der Waals surface area (Å²) in [6, 6.07) is 4.56. The summed E-state index contributed by atoms with van der Waals surface area (Å²) in [6.45, 7) is 1.81. The van der Waals surface area contributed by atoms with Gasteiger partial charge in [-0.15, -0.1) is 11.6 Å². The summed E-state index contributed by atoms with van der Waals surface area (Å²) in [6.07, 6.45) is 0. The van der Waals surface area contributed by atoms with Crippen LogP contribution in [0, 0.1) is 0 Å². The first-order chi connectivity index (χ1) is 7.04. The van der Waals surface area contributed by atoms with E-state index >= 15 is 0 Å². The fourth-order valence-corrected chi connectivity index (χ4v) is 1.32. The van der Waals surface area contributed by atoms with Crippen LogP contribution in [0.4, 0.5) is 0 Å². The van der Waals surface area contributed by atoms with Crippen molar-refractivity contribution in [2.24, 2.45) is 0 Å². The molecule has 1 unspecified atom stereocenters. The van der Waals surface area contributed by atoms with Gasteiger partial charge in [0, 0.05) is 17.5 Å². The van der Waals surface area contributed by atoms with E-state index in [1.807, 2.05) is 6.92 Å². The number of halogens is 2. The Bertz CT molecular complexity index is 370. The fraction of sp³-hybridized carbons (Fsp3) is 0.300. The largest absolute Gasteiger partial charge is 0.507 e. The van der Waals surface area contributed by atoms with Gasteiger partial charge in [0.2, 0.25) is 0 Å². The second-order valence-corrected chi connectivity index (χ2v) is 4.36. The summed E-state index contributed by atoms with van der Waals surface area (Å²) in [5.41, 5.74) is 0.410. The smallest absolute Gasteiger partial charge is 0.251 e. The molecule has 82 valence electrons. The molecule has 0 saturated carbocycles. The first kappa shape index (κ1) is 12.3. The Morgan fingerprint density at radius 3 is 2.87 bits per heavy atom. The van der Waals surface area contributed by atoms with Gasteiger partial charge in [0.15, 0.2) is 0 Å². The summed E-state index contributed by atoms with van der Waals surface area (Å²) >= 11 is 8.71. The monoisotopic (exact) mass is 291 g/mol. The molecule has 0 aliphatic rings. The molecule has 0 radical (unpaired) electrons. The third-order valence-electron chi connectivity index (χ3n) is 1.82. The van der Waals surface area contributed by atoms with Gasteiger partial charge in [-0.1, -0.05) is 0 Å². The molecule has 1 rings (SSSR count). The molecule has 0 aromatic heterocycles. The van der Waals surface area contributed by atoms with E-state index in [0.717, 1.165) is 0 Å². The number of carbonyl (C=O) groups is 1. The van der Waals surface area contributed by atoms with Crippen LogP contribution in [0.3, 0.4) is 0 Å². The Morgan fingerprint density at radius 1 is 1.67 bits per heavy atom. The van der Waals surface area contributed by atoms with Gasteiger partial charge in [0.05, 0.1) is 4.47 Å². The molecular formula is C10H11BrClNO2. The van der Waals surface area contributed by atoms with Crippen molar-refractivity contribution in [1.82, 2.24) is 5.32 Å². The lowest BCUT2D eigenvalue weighted by molar-refractivity contribution is 0.0943. The van der Waals surface area contributed by atoms with Crippen LogP contribution >= 0.6 is 27.5 Å². The lowest BCUT2D eigenvalue weighted by atomic mass is 10.2. The number of aromatic hydroxyl groups is 1. The molecule has 0 heterocycles. The molecule has 15 heavy (non-hydrogen) atoms. The average molecular weight is 293 g/mol.